The molecule has 2 amide bonds. The van der Waals surface area contributed by atoms with Crippen LogP contribution in [0, 0.1) is 3.95 Å². The Hall–Kier alpha value is -3.84. The molecule has 0 unspecified atom stereocenters. The molecule has 0 spiro atoms. The summed E-state index contributed by atoms with van der Waals surface area (Å²) in [5, 5.41) is 6.97. The summed E-state index contributed by atoms with van der Waals surface area (Å²) < 4.78 is 3.70. The first kappa shape index (κ1) is 29.2. The van der Waals surface area contributed by atoms with Crippen molar-refractivity contribution >= 4 is 80.2 Å². The Balaban J connectivity index is 1.30. The number of thioether (sulfide) groups is 1. The van der Waals surface area contributed by atoms with Crippen LogP contribution in [0.1, 0.15) is 33.0 Å². The van der Waals surface area contributed by atoms with Gasteiger partial charge in [0.25, 0.3) is 11.5 Å². The first-order valence-electron chi connectivity index (χ1n) is 13.7. The number of nitrogens with one attached hydrogen (secondary N) is 2. The second kappa shape index (κ2) is 12.8. The lowest BCUT2D eigenvalue weighted by Gasteiger charge is -2.14. The summed E-state index contributed by atoms with van der Waals surface area (Å²) in [5.74, 6) is -0.482. The average Bonchev–Trinajstić information content (AvgIpc) is 3.55. The molecule has 0 fully saturated rings. The van der Waals surface area contributed by atoms with Crippen molar-refractivity contribution in [1.29, 1.82) is 0 Å². The number of rotatable bonds is 9. The van der Waals surface area contributed by atoms with Crippen LogP contribution in [-0.2, 0) is 24.2 Å². The Morgan fingerprint density at radius 3 is 2.49 bits per heavy atom. The largest absolute Gasteiger partial charge is 0.321 e. The Morgan fingerprint density at radius 2 is 1.74 bits per heavy atom. The van der Waals surface area contributed by atoms with Crippen molar-refractivity contribution in [2.24, 2.45) is 0 Å². The standard InChI is InChI=1S/C31H27N5O3S4/c1-2-17-35-29(39)24-21-15-9-10-16-22(21)42-28(24)34-30(35)41-18-23(37)33-26-25(27(38)32-19-11-5-3-6-12-19)43-31(40)36(26)20-13-7-4-8-14-20/h2-8,11-14H,1,9-10,15-18H2,(H,32,38)(H,33,37). The van der Waals surface area contributed by atoms with Crippen molar-refractivity contribution in [3.8, 4) is 5.69 Å². The van der Waals surface area contributed by atoms with E-state index in [1.807, 2.05) is 48.5 Å². The highest BCUT2D eigenvalue weighted by molar-refractivity contribution is 7.99. The van der Waals surface area contributed by atoms with Gasteiger partial charge in [0.15, 0.2) is 9.11 Å². The molecule has 43 heavy (non-hydrogen) atoms. The lowest BCUT2D eigenvalue weighted by molar-refractivity contribution is -0.113. The molecule has 0 saturated carbocycles. The van der Waals surface area contributed by atoms with Gasteiger partial charge in [-0.3, -0.25) is 23.5 Å². The van der Waals surface area contributed by atoms with Crippen LogP contribution in [0.2, 0.25) is 0 Å². The molecule has 6 rings (SSSR count). The number of thiazole rings is 1. The summed E-state index contributed by atoms with van der Waals surface area (Å²) in [4.78, 5) is 47.5. The summed E-state index contributed by atoms with van der Waals surface area (Å²) in [7, 11) is 0. The maximum absolute atomic E-state index is 13.6. The molecule has 0 bridgehead atoms. The van der Waals surface area contributed by atoms with Gasteiger partial charge >= 0.3 is 0 Å². The molecular weight excluding hydrogens is 619 g/mol. The number of aryl methyl sites for hydroxylation is 2. The van der Waals surface area contributed by atoms with Crippen molar-refractivity contribution in [2.75, 3.05) is 16.4 Å². The quantitative estimate of drug-likeness (QED) is 0.0769. The predicted molar refractivity (Wildman–Crippen MR) is 179 cm³/mol. The second-order valence-electron chi connectivity index (χ2n) is 9.86. The van der Waals surface area contributed by atoms with Gasteiger partial charge in [0.1, 0.15) is 15.5 Å². The normalized spacial score (nSPS) is 12.6. The third kappa shape index (κ3) is 6.00. The Morgan fingerprint density at radius 1 is 1.02 bits per heavy atom. The summed E-state index contributed by atoms with van der Waals surface area (Å²) in [6.45, 7) is 4.11. The number of allylic oxidation sites excluding steroid dienone is 1. The zero-order chi connectivity index (χ0) is 29.9. The second-order valence-corrected chi connectivity index (χ2v) is 13.5. The molecule has 0 aliphatic heterocycles. The SMILES string of the molecule is C=CCn1c(SCC(=O)Nc2c(C(=O)Nc3ccccc3)sc(=S)n2-c2ccccc2)nc2sc3c(c2c1=O)CCCC3. The monoisotopic (exact) mass is 645 g/mol. The average molecular weight is 646 g/mol. The third-order valence-corrected chi connectivity index (χ3v) is 10.5. The van der Waals surface area contributed by atoms with E-state index < -0.39 is 0 Å². The number of carbonyl (C=O) groups is 2. The first-order valence-corrected chi connectivity index (χ1v) is 16.7. The van der Waals surface area contributed by atoms with Gasteiger partial charge in [0.05, 0.1) is 11.1 Å². The summed E-state index contributed by atoms with van der Waals surface area (Å²) in [6.07, 6.45) is 5.71. The minimum absolute atomic E-state index is 0.0304. The molecule has 0 radical (unpaired) electrons. The topological polar surface area (TPSA) is 98.0 Å². The van der Waals surface area contributed by atoms with Gasteiger partial charge in [-0.2, -0.15) is 0 Å². The highest BCUT2D eigenvalue weighted by Crippen LogP contribution is 2.35. The molecule has 1 aliphatic carbocycles. The molecule has 218 valence electrons. The number of para-hydroxylation sites is 2. The highest BCUT2D eigenvalue weighted by atomic mass is 32.2. The lowest BCUT2D eigenvalue weighted by atomic mass is 9.97. The van der Waals surface area contributed by atoms with E-state index in [0.717, 1.165) is 53.1 Å². The fourth-order valence-corrected chi connectivity index (χ4v) is 8.48. The van der Waals surface area contributed by atoms with Crippen LogP contribution in [0.25, 0.3) is 15.9 Å². The van der Waals surface area contributed by atoms with Crippen LogP contribution in [-0.4, -0.2) is 31.7 Å². The van der Waals surface area contributed by atoms with Crippen molar-refractivity contribution < 1.29 is 9.59 Å². The maximum atomic E-state index is 13.6. The molecule has 12 heteroatoms. The maximum Gasteiger partial charge on any atom is 0.269 e. The number of nitrogens with zero attached hydrogens (tertiary/aromatic N) is 3. The zero-order valence-corrected chi connectivity index (χ0v) is 26.3. The number of carbonyl (C=O) groups excluding carboxylic acids is 2. The zero-order valence-electron chi connectivity index (χ0n) is 23.0. The number of aromatic nitrogens is 3. The molecule has 8 nitrogen and oxygen atoms in total. The number of anilines is 2. The van der Waals surface area contributed by atoms with Gasteiger partial charge in [0, 0.05) is 22.8 Å². The fraction of sp³-hybridized carbons (Fsp3) is 0.194. The molecule has 5 aromatic rings. The highest BCUT2D eigenvalue weighted by Gasteiger charge is 2.25. The minimum Gasteiger partial charge on any atom is -0.321 e. The number of fused-ring (bicyclic) bond motifs is 3. The molecule has 1 aliphatic rings. The van der Waals surface area contributed by atoms with Crippen LogP contribution in [0.3, 0.4) is 0 Å². The summed E-state index contributed by atoms with van der Waals surface area (Å²) in [6, 6.07) is 18.4. The van der Waals surface area contributed by atoms with E-state index in [1.54, 1.807) is 38.7 Å². The number of hydrogen-bond acceptors (Lipinski definition) is 8. The van der Waals surface area contributed by atoms with Gasteiger partial charge in [-0.25, -0.2) is 4.98 Å². The minimum atomic E-state index is -0.381. The van der Waals surface area contributed by atoms with E-state index in [2.05, 4.69) is 17.2 Å². The smallest absolute Gasteiger partial charge is 0.269 e. The Labute approximate surface area is 265 Å². The van der Waals surface area contributed by atoms with E-state index in [0.29, 0.717) is 20.2 Å². The van der Waals surface area contributed by atoms with Crippen molar-refractivity contribution in [3.05, 3.63) is 103 Å². The first-order chi connectivity index (χ1) is 20.9. The molecular formula is C31H27N5O3S4. The Bertz CT molecular complexity index is 1960. The van der Waals surface area contributed by atoms with Gasteiger partial charge < -0.3 is 10.6 Å². The Kier molecular flexibility index (Phi) is 8.70. The summed E-state index contributed by atoms with van der Waals surface area (Å²) >= 11 is 9.53. The van der Waals surface area contributed by atoms with E-state index in [-0.39, 0.29) is 40.4 Å². The van der Waals surface area contributed by atoms with Gasteiger partial charge in [-0.1, -0.05) is 65.6 Å². The van der Waals surface area contributed by atoms with E-state index >= 15 is 0 Å². The van der Waals surface area contributed by atoms with E-state index in [1.165, 1.54) is 16.6 Å². The molecule has 0 saturated heterocycles. The van der Waals surface area contributed by atoms with Crippen LogP contribution >= 0.6 is 46.7 Å². The van der Waals surface area contributed by atoms with Gasteiger partial charge in [-0.15, -0.1) is 17.9 Å². The lowest BCUT2D eigenvalue weighted by Crippen LogP contribution is -2.24. The van der Waals surface area contributed by atoms with Crippen molar-refractivity contribution in [3.63, 3.8) is 0 Å². The van der Waals surface area contributed by atoms with E-state index in [4.69, 9.17) is 17.2 Å². The molecule has 0 atom stereocenters. The predicted octanol–water partition coefficient (Wildman–Crippen LogP) is 7.09. The van der Waals surface area contributed by atoms with Crippen LogP contribution < -0.4 is 16.2 Å². The van der Waals surface area contributed by atoms with Gasteiger partial charge in [-0.05, 0) is 67.7 Å². The molecule has 3 aromatic heterocycles. The van der Waals surface area contributed by atoms with Crippen LogP contribution in [0.15, 0.2) is 83.3 Å². The van der Waals surface area contributed by atoms with Crippen molar-refractivity contribution in [2.45, 2.75) is 37.4 Å². The van der Waals surface area contributed by atoms with Gasteiger partial charge in [0.2, 0.25) is 5.91 Å². The number of thiophene rings is 1. The molecule has 2 aromatic carbocycles. The number of benzene rings is 2. The number of hydrogen-bond donors (Lipinski definition) is 2. The van der Waals surface area contributed by atoms with E-state index in [9.17, 15) is 14.4 Å². The third-order valence-electron chi connectivity index (χ3n) is 7.00. The van der Waals surface area contributed by atoms with Crippen LogP contribution in [0.4, 0.5) is 11.5 Å². The van der Waals surface area contributed by atoms with Crippen LogP contribution in [0.5, 0.6) is 0 Å². The molecule has 3 heterocycles. The fourth-order valence-electron chi connectivity index (χ4n) is 5.08. The number of amides is 2. The van der Waals surface area contributed by atoms with Crippen molar-refractivity contribution in [1.82, 2.24) is 14.1 Å². The summed E-state index contributed by atoms with van der Waals surface area (Å²) in [5.41, 5.74) is 2.38. The molecule has 2 N–H and O–H groups in total.